The van der Waals surface area contributed by atoms with E-state index in [9.17, 15) is 9.59 Å². The highest BCUT2D eigenvalue weighted by Gasteiger charge is 2.44. The Bertz CT molecular complexity index is 1570. The molecule has 1 heterocycles. The topological polar surface area (TPSA) is 55.2 Å². The van der Waals surface area contributed by atoms with E-state index >= 15 is 4.39 Å². The summed E-state index contributed by atoms with van der Waals surface area (Å²) in [6, 6.07) is 15.4. The first kappa shape index (κ1) is 23.6. The molecule has 1 aromatic heterocycles. The maximum atomic E-state index is 15.9. The fourth-order valence-electron chi connectivity index (χ4n) is 6.48. The van der Waals surface area contributed by atoms with Gasteiger partial charge in [-0.25, -0.2) is 4.39 Å². The number of benzene rings is 3. The molecule has 2 fully saturated rings. The molecule has 0 saturated heterocycles. The Kier molecular flexibility index (Phi) is 5.90. The molecule has 2 aliphatic rings. The predicted molar refractivity (Wildman–Crippen MR) is 144 cm³/mol. The number of amides is 1. The number of carbonyl (C=O) groups excluding carboxylic acids is 2. The van der Waals surface area contributed by atoms with Crippen LogP contribution in [0, 0.1) is 23.6 Å². The number of anilines is 1. The summed E-state index contributed by atoms with van der Waals surface area (Å²) in [5, 5.41) is 6.31. The molecule has 5 nitrogen and oxygen atoms in total. The molecule has 2 bridgehead atoms. The lowest BCUT2D eigenvalue weighted by Gasteiger charge is -2.30. The minimum atomic E-state index is -0.312. The van der Waals surface area contributed by atoms with Crippen LogP contribution in [0.2, 0.25) is 0 Å². The standard InChI is InChI=1S/C31H30FN3O2/c1-19(36)9-10-20-5-3-8-26(14-20)35(31(37)27-15-21-11-12-22(27)13-21)18-24-7-4-6-23-16-25-17-33-34(2)30(25)29(32)28(23)24/h3-10,14,16-17,21-22,27H,11-13,15,18H2,1-2H3/b10-9+/t21-,22+,27?/m0/s1. The molecule has 3 aromatic carbocycles. The Balaban J connectivity index is 1.45. The van der Waals surface area contributed by atoms with E-state index in [1.165, 1.54) is 19.4 Å². The maximum absolute atomic E-state index is 15.9. The van der Waals surface area contributed by atoms with Crippen molar-refractivity contribution in [3.8, 4) is 0 Å². The molecule has 1 unspecified atom stereocenters. The summed E-state index contributed by atoms with van der Waals surface area (Å²) in [5.74, 6) is 0.831. The second-order valence-electron chi connectivity index (χ2n) is 10.7. The fourth-order valence-corrected chi connectivity index (χ4v) is 6.48. The largest absolute Gasteiger partial charge is 0.308 e. The van der Waals surface area contributed by atoms with Gasteiger partial charge < -0.3 is 4.90 Å². The van der Waals surface area contributed by atoms with E-state index in [1.54, 1.807) is 24.0 Å². The molecular weight excluding hydrogens is 465 g/mol. The maximum Gasteiger partial charge on any atom is 0.230 e. The van der Waals surface area contributed by atoms with Gasteiger partial charge in [0.05, 0.1) is 12.7 Å². The lowest BCUT2D eigenvalue weighted by molar-refractivity contribution is -0.124. The van der Waals surface area contributed by atoms with Crippen molar-refractivity contribution in [2.24, 2.45) is 24.8 Å². The van der Waals surface area contributed by atoms with Crippen LogP contribution in [0.3, 0.4) is 0 Å². The van der Waals surface area contributed by atoms with Crippen molar-refractivity contribution < 1.29 is 14.0 Å². The van der Waals surface area contributed by atoms with Crippen molar-refractivity contribution >= 4 is 45.1 Å². The highest BCUT2D eigenvalue weighted by Crippen LogP contribution is 2.49. The molecule has 0 spiro atoms. The molecule has 2 saturated carbocycles. The summed E-state index contributed by atoms with van der Waals surface area (Å²) in [6.07, 6.45) is 9.36. The molecule has 188 valence electrons. The third-order valence-corrected chi connectivity index (χ3v) is 8.23. The van der Waals surface area contributed by atoms with Gasteiger partial charge in [-0.3, -0.25) is 14.3 Å². The Morgan fingerprint density at radius 1 is 1.11 bits per heavy atom. The van der Waals surface area contributed by atoms with Crippen LogP contribution < -0.4 is 4.90 Å². The van der Waals surface area contributed by atoms with Gasteiger partial charge >= 0.3 is 0 Å². The SMILES string of the molecule is CC(=O)/C=C/c1cccc(N(Cc2cccc3cc4cnn(C)c4c(F)c23)C(=O)C2C[C@H]3CC[C@@H]2C3)c1. The van der Waals surface area contributed by atoms with Gasteiger partial charge in [-0.2, -0.15) is 5.10 Å². The van der Waals surface area contributed by atoms with Crippen molar-refractivity contribution in [3.63, 3.8) is 0 Å². The average molecular weight is 496 g/mol. The molecule has 0 radical (unpaired) electrons. The summed E-state index contributed by atoms with van der Waals surface area (Å²) in [6.45, 7) is 1.78. The minimum absolute atomic E-state index is 0.00114. The quantitative estimate of drug-likeness (QED) is 0.289. The summed E-state index contributed by atoms with van der Waals surface area (Å²) in [4.78, 5) is 27.4. The van der Waals surface area contributed by atoms with Crippen LogP contribution in [0.5, 0.6) is 0 Å². The van der Waals surface area contributed by atoms with Crippen molar-refractivity contribution in [3.05, 3.63) is 77.7 Å². The zero-order valence-electron chi connectivity index (χ0n) is 21.2. The first-order valence-electron chi connectivity index (χ1n) is 13.0. The molecule has 0 aliphatic heterocycles. The highest BCUT2D eigenvalue weighted by molar-refractivity contribution is 6.01. The summed E-state index contributed by atoms with van der Waals surface area (Å²) in [7, 11) is 1.74. The predicted octanol–water partition coefficient (Wildman–Crippen LogP) is 6.44. The van der Waals surface area contributed by atoms with Crippen LogP contribution in [0.15, 0.2) is 60.8 Å². The molecule has 1 amide bonds. The number of carbonyl (C=O) groups is 2. The highest BCUT2D eigenvalue weighted by atomic mass is 19.1. The van der Waals surface area contributed by atoms with E-state index < -0.39 is 0 Å². The molecule has 2 aliphatic carbocycles. The van der Waals surface area contributed by atoms with Crippen LogP contribution >= 0.6 is 0 Å². The van der Waals surface area contributed by atoms with Gasteiger partial charge in [0.1, 0.15) is 5.52 Å². The van der Waals surface area contributed by atoms with Gasteiger partial charge in [-0.05, 0) is 78.8 Å². The minimum Gasteiger partial charge on any atom is -0.308 e. The number of rotatable bonds is 6. The second-order valence-corrected chi connectivity index (χ2v) is 10.7. The Morgan fingerprint density at radius 2 is 1.95 bits per heavy atom. The Morgan fingerprint density at radius 3 is 2.70 bits per heavy atom. The monoisotopic (exact) mass is 495 g/mol. The zero-order valence-corrected chi connectivity index (χ0v) is 21.2. The number of hydrogen-bond acceptors (Lipinski definition) is 3. The number of halogens is 1. The van der Waals surface area contributed by atoms with Crippen LogP contribution in [0.4, 0.5) is 10.1 Å². The van der Waals surface area contributed by atoms with E-state index in [1.807, 2.05) is 53.4 Å². The number of ketones is 1. The van der Waals surface area contributed by atoms with Crippen LogP contribution in [-0.2, 0) is 23.2 Å². The molecule has 4 aromatic rings. The third kappa shape index (κ3) is 4.24. The van der Waals surface area contributed by atoms with Crippen LogP contribution in [0.1, 0.15) is 43.7 Å². The summed E-state index contributed by atoms with van der Waals surface area (Å²) < 4.78 is 17.5. The molecule has 6 heteroatoms. The number of allylic oxidation sites excluding steroid dienone is 1. The zero-order chi connectivity index (χ0) is 25.7. The third-order valence-electron chi connectivity index (χ3n) is 8.23. The number of nitrogens with zero attached hydrogens (tertiary/aromatic N) is 3. The van der Waals surface area contributed by atoms with Crippen molar-refractivity contribution in [2.75, 3.05) is 4.90 Å². The molecule has 3 atom stereocenters. The number of aryl methyl sites for hydroxylation is 1. The van der Waals surface area contributed by atoms with E-state index in [0.717, 1.165) is 46.8 Å². The normalized spacial score (nSPS) is 20.9. The lowest BCUT2D eigenvalue weighted by atomic mass is 9.87. The summed E-state index contributed by atoms with van der Waals surface area (Å²) in [5.41, 5.74) is 2.83. The van der Waals surface area contributed by atoms with Gasteiger partial charge in [0.25, 0.3) is 0 Å². The van der Waals surface area contributed by atoms with Crippen molar-refractivity contribution in [1.29, 1.82) is 0 Å². The Hall–Kier alpha value is -3.80. The van der Waals surface area contributed by atoms with Gasteiger partial charge in [0.2, 0.25) is 5.91 Å². The number of fused-ring (bicyclic) bond motifs is 4. The molecule has 37 heavy (non-hydrogen) atoms. The Labute approximate surface area is 215 Å². The lowest BCUT2D eigenvalue weighted by Crippen LogP contribution is -2.38. The van der Waals surface area contributed by atoms with Gasteiger partial charge in [0.15, 0.2) is 11.6 Å². The first-order valence-corrected chi connectivity index (χ1v) is 13.0. The number of hydrogen-bond donors (Lipinski definition) is 0. The van der Waals surface area contributed by atoms with Gasteiger partial charge in [-0.15, -0.1) is 0 Å². The van der Waals surface area contributed by atoms with Crippen LogP contribution in [-0.4, -0.2) is 21.5 Å². The molecular formula is C31H30FN3O2. The van der Waals surface area contributed by atoms with Gasteiger partial charge in [-0.1, -0.05) is 42.8 Å². The van der Waals surface area contributed by atoms with Gasteiger partial charge in [0, 0.05) is 29.4 Å². The number of aromatic nitrogens is 2. The van der Waals surface area contributed by atoms with E-state index in [2.05, 4.69) is 5.10 Å². The smallest absolute Gasteiger partial charge is 0.230 e. The van der Waals surface area contributed by atoms with E-state index in [-0.39, 0.29) is 30.0 Å². The fraction of sp³-hybridized carbons (Fsp3) is 0.323. The molecule has 0 N–H and O–H groups in total. The summed E-state index contributed by atoms with van der Waals surface area (Å²) >= 11 is 0. The second kappa shape index (κ2) is 9.25. The van der Waals surface area contributed by atoms with E-state index in [0.29, 0.717) is 22.7 Å². The molecule has 6 rings (SSSR count). The van der Waals surface area contributed by atoms with E-state index in [4.69, 9.17) is 0 Å². The average Bonchev–Trinajstić information content (AvgIpc) is 3.62. The van der Waals surface area contributed by atoms with Crippen molar-refractivity contribution in [1.82, 2.24) is 9.78 Å². The van der Waals surface area contributed by atoms with Crippen LogP contribution in [0.25, 0.3) is 27.8 Å². The first-order chi connectivity index (χ1) is 17.9. The van der Waals surface area contributed by atoms with Crippen molar-refractivity contribution in [2.45, 2.75) is 39.2 Å².